The highest BCUT2D eigenvalue weighted by Crippen LogP contribution is 2.29. The first kappa shape index (κ1) is 17.4. The van der Waals surface area contributed by atoms with Crippen LogP contribution in [-0.4, -0.2) is 18.0 Å². The van der Waals surface area contributed by atoms with Gasteiger partial charge in [-0.15, -0.1) is 11.3 Å². The number of hydrogen-bond acceptors (Lipinski definition) is 5. The summed E-state index contributed by atoms with van der Waals surface area (Å²) in [5.41, 5.74) is 1.51. The van der Waals surface area contributed by atoms with Crippen LogP contribution in [0.5, 0.6) is 11.5 Å². The summed E-state index contributed by atoms with van der Waals surface area (Å²) in [6.07, 6.45) is 1.64. The third kappa shape index (κ3) is 4.58. The van der Waals surface area contributed by atoms with Gasteiger partial charge in [0.2, 0.25) is 0 Å². The van der Waals surface area contributed by atoms with Gasteiger partial charge in [-0.3, -0.25) is 10.1 Å². The Morgan fingerprint density at radius 2 is 2.00 bits per heavy atom. The Morgan fingerprint density at radius 3 is 2.68 bits per heavy atom. The van der Waals surface area contributed by atoms with Crippen molar-refractivity contribution in [1.82, 2.24) is 4.98 Å². The van der Waals surface area contributed by atoms with Gasteiger partial charge in [0.1, 0.15) is 6.61 Å². The lowest BCUT2D eigenvalue weighted by Crippen LogP contribution is -2.12. The van der Waals surface area contributed by atoms with Gasteiger partial charge in [-0.25, -0.2) is 4.98 Å². The van der Waals surface area contributed by atoms with E-state index in [9.17, 15) is 4.79 Å². The zero-order valence-corrected chi connectivity index (χ0v) is 15.8. The van der Waals surface area contributed by atoms with Gasteiger partial charge in [-0.2, -0.15) is 0 Å². The molecule has 2 aromatic carbocycles. The van der Waals surface area contributed by atoms with E-state index >= 15 is 0 Å². The Bertz CT molecular complexity index is 851. The van der Waals surface area contributed by atoms with Crippen LogP contribution < -0.4 is 14.8 Å². The van der Waals surface area contributed by atoms with Crippen LogP contribution in [0.25, 0.3) is 0 Å². The van der Waals surface area contributed by atoms with E-state index in [-0.39, 0.29) is 5.91 Å². The zero-order valence-electron chi connectivity index (χ0n) is 13.4. The van der Waals surface area contributed by atoms with Crippen molar-refractivity contribution in [2.45, 2.75) is 6.61 Å². The van der Waals surface area contributed by atoms with Crippen molar-refractivity contribution in [3.05, 3.63) is 69.6 Å². The van der Waals surface area contributed by atoms with Crippen LogP contribution in [-0.2, 0) is 6.61 Å². The van der Waals surface area contributed by atoms with Gasteiger partial charge in [0.25, 0.3) is 5.91 Å². The summed E-state index contributed by atoms with van der Waals surface area (Å²) in [5.74, 6) is 0.841. The highest BCUT2D eigenvalue weighted by molar-refractivity contribution is 9.10. The number of nitrogens with one attached hydrogen (secondary N) is 1. The lowest BCUT2D eigenvalue weighted by Gasteiger charge is -2.12. The fraction of sp³-hybridized carbons (Fsp3) is 0.111. The number of carbonyl (C=O) groups is 1. The molecule has 5 nitrogen and oxygen atoms in total. The van der Waals surface area contributed by atoms with E-state index in [0.717, 1.165) is 10.0 Å². The second kappa shape index (κ2) is 8.13. The van der Waals surface area contributed by atoms with Crippen LogP contribution in [0.4, 0.5) is 5.13 Å². The Labute approximate surface area is 157 Å². The number of methoxy groups -OCH3 is 1. The minimum atomic E-state index is -0.243. The number of benzene rings is 2. The van der Waals surface area contributed by atoms with E-state index in [1.54, 1.807) is 36.9 Å². The SMILES string of the molecule is COc1cc(C(=O)Nc2nccs2)ccc1OCc1ccc(Br)cc1. The molecule has 0 aliphatic rings. The molecule has 0 saturated heterocycles. The molecule has 1 heterocycles. The van der Waals surface area contributed by atoms with E-state index < -0.39 is 0 Å². The average Bonchev–Trinajstić information content (AvgIpc) is 3.14. The third-order valence-electron chi connectivity index (χ3n) is 3.39. The Morgan fingerprint density at radius 1 is 1.20 bits per heavy atom. The molecule has 0 bridgehead atoms. The zero-order chi connectivity index (χ0) is 17.6. The molecule has 1 aromatic heterocycles. The van der Waals surface area contributed by atoms with Gasteiger partial charge in [-0.1, -0.05) is 28.1 Å². The number of hydrogen-bond donors (Lipinski definition) is 1. The van der Waals surface area contributed by atoms with Gasteiger partial charge in [0.15, 0.2) is 16.6 Å². The van der Waals surface area contributed by atoms with Crippen LogP contribution in [0.15, 0.2) is 58.5 Å². The van der Waals surface area contributed by atoms with Gasteiger partial charge in [0, 0.05) is 21.6 Å². The molecule has 0 aliphatic carbocycles. The number of carbonyl (C=O) groups excluding carboxylic acids is 1. The fourth-order valence-corrected chi connectivity index (χ4v) is 2.91. The molecular weight excluding hydrogens is 404 g/mol. The van der Waals surface area contributed by atoms with Crippen LogP contribution in [0, 0.1) is 0 Å². The summed E-state index contributed by atoms with van der Waals surface area (Å²) in [7, 11) is 1.55. The second-order valence-electron chi connectivity index (χ2n) is 5.07. The average molecular weight is 419 g/mol. The van der Waals surface area contributed by atoms with Crippen molar-refractivity contribution in [1.29, 1.82) is 0 Å². The predicted molar refractivity (Wildman–Crippen MR) is 102 cm³/mol. The maximum absolute atomic E-state index is 12.3. The summed E-state index contributed by atoms with van der Waals surface area (Å²) >= 11 is 4.77. The molecule has 7 heteroatoms. The summed E-state index contributed by atoms with van der Waals surface area (Å²) in [6.45, 7) is 0.411. The Kier molecular flexibility index (Phi) is 5.67. The number of aromatic nitrogens is 1. The number of ether oxygens (including phenoxy) is 2. The standard InChI is InChI=1S/C18H15BrN2O3S/c1-23-16-10-13(17(22)21-18-20-8-9-25-18)4-7-15(16)24-11-12-2-5-14(19)6-3-12/h2-10H,11H2,1H3,(H,20,21,22). The molecule has 0 atom stereocenters. The molecule has 0 fully saturated rings. The minimum absolute atomic E-state index is 0.243. The predicted octanol–water partition coefficient (Wildman–Crippen LogP) is 4.75. The number of rotatable bonds is 6. The smallest absolute Gasteiger partial charge is 0.257 e. The summed E-state index contributed by atoms with van der Waals surface area (Å²) in [4.78, 5) is 16.3. The fourth-order valence-electron chi connectivity index (χ4n) is 2.12. The summed E-state index contributed by atoms with van der Waals surface area (Å²) in [5, 5.41) is 5.10. The third-order valence-corrected chi connectivity index (χ3v) is 4.60. The topological polar surface area (TPSA) is 60.5 Å². The van der Waals surface area contributed by atoms with Crippen LogP contribution in [0.1, 0.15) is 15.9 Å². The number of amides is 1. The van der Waals surface area contributed by atoms with E-state index in [1.807, 2.05) is 24.3 Å². The molecule has 1 amide bonds. The molecule has 25 heavy (non-hydrogen) atoms. The van der Waals surface area contributed by atoms with E-state index in [1.165, 1.54) is 11.3 Å². The normalized spacial score (nSPS) is 10.3. The first-order valence-corrected chi connectivity index (χ1v) is 9.09. The number of thiazole rings is 1. The van der Waals surface area contributed by atoms with Crippen LogP contribution >= 0.6 is 27.3 Å². The molecule has 1 N–H and O–H groups in total. The van der Waals surface area contributed by atoms with Crippen molar-refractivity contribution in [3.8, 4) is 11.5 Å². The van der Waals surface area contributed by atoms with Crippen LogP contribution in [0.2, 0.25) is 0 Å². The Balaban J connectivity index is 1.70. The first-order valence-electron chi connectivity index (χ1n) is 7.42. The maximum Gasteiger partial charge on any atom is 0.257 e. The van der Waals surface area contributed by atoms with Crippen LogP contribution in [0.3, 0.4) is 0 Å². The monoisotopic (exact) mass is 418 g/mol. The van der Waals surface area contributed by atoms with Gasteiger partial charge < -0.3 is 9.47 Å². The van der Waals surface area contributed by atoms with Crippen molar-refractivity contribution in [2.75, 3.05) is 12.4 Å². The first-order chi connectivity index (χ1) is 12.2. The van der Waals surface area contributed by atoms with Crippen molar-refractivity contribution < 1.29 is 14.3 Å². The molecule has 0 unspecified atom stereocenters. The van der Waals surface area contributed by atoms with E-state index in [0.29, 0.717) is 28.8 Å². The van der Waals surface area contributed by atoms with Crippen molar-refractivity contribution in [2.24, 2.45) is 0 Å². The molecule has 0 spiro atoms. The lowest BCUT2D eigenvalue weighted by molar-refractivity contribution is 0.102. The van der Waals surface area contributed by atoms with Gasteiger partial charge in [-0.05, 0) is 35.9 Å². The molecule has 3 aromatic rings. The quantitative estimate of drug-likeness (QED) is 0.627. The minimum Gasteiger partial charge on any atom is -0.493 e. The second-order valence-corrected chi connectivity index (χ2v) is 6.88. The number of anilines is 1. The van der Waals surface area contributed by atoms with Gasteiger partial charge in [0.05, 0.1) is 7.11 Å². The van der Waals surface area contributed by atoms with Crippen molar-refractivity contribution >= 4 is 38.3 Å². The molecule has 0 radical (unpaired) electrons. The molecule has 128 valence electrons. The van der Waals surface area contributed by atoms with Gasteiger partial charge >= 0.3 is 0 Å². The highest BCUT2D eigenvalue weighted by atomic mass is 79.9. The summed E-state index contributed by atoms with van der Waals surface area (Å²) in [6, 6.07) is 13.0. The maximum atomic E-state index is 12.3. The largest absolute Gasteiger partial charge is 0.493 e. The van der Waals surface area contributed by atoms with E-state index in [2.05, 4.69) is 26.2 Å². The molecular formula is C18H15BrN2O3S. The molecule has 0 saturated carbocycles. The molecule has 0 aliphatic heterocycles. The van der Waals surface area contributed by atoms with Crippen molar-refractivity contribution in [3.63, 3.8) is 0 Å². The number of halogens is 1. The van der Waals surface area contributed by atoms with E-state index in [4.69, 9.17) is 9.47 Å². The Hall–Kier alpha value is -2.38. The highest BCUT2D eigenvalue weighted by Gasteiger charge is 2.12. The lowest BCUT2D eigenvalue weighted by atomic mass is 10.2. The number of nitrogens with zero attached hydrogens (tertiary/aromatic N) is 1. The molecule has 3 rings (SSSR count). The summed E-state index contributed by atoms with van der Waals surface area (Å²) < 4.78 is 12.2.